The fraction of sp³-hybridized carbons (Fsp3) is 0.412. The number of aromatic nitrogens is 2. The van der Waals surface area contributed by atoms with Crippen LogP contribution in [0.1, 0.15) is 38.6 Å². The minimum atomic E-state index is -0.482. The van der Waals surface area contributed by atoms with Gasteiger partial charge in [0.1, 0.15) is 16.5 Å². The topological polar surface area (TPSA) is 37.8 Å². The quantitative estimate of drug-likeness (QED) is 0.695. The van der Waals surface area contributed by atoms with Crippen molar-refractivity contribution in [2.75, 3.05) is 5.32 Å². The number of hydrogen-bond donors (Lipinski definition) is 1. The smallest absolute Gasteiger partial charge is 0.232 e. The van der Waals surface area contributed by atoms with Gasteiger partial charge in [0, 0.05) is 22.4 Å². The molecule has 2 rings (SSSR count). The van der Waals surface area contributed by atoms with Gasteiger partial charge in [0.15, 0.2) is 0 Å². The van der Waals surface area contributed by atoms with Crippen molar-refractivity contribution in [3.8, 4) is 0 Å². The molecular formula is C17H21ClFN3S. The Labute approximate surface area is 146 Å². The number of anilines is 1. The Morgan fingerprint density at radius 2 is 2.04 bits per heavy atom. The van der Waals surface area contributed by atoms with Crippen LogP contribution < -0.4 is 5.32 Å². The summed E-state index contributed by atoms with van der Waals surface area (Å²) in [5.74, 6) is 0.600. The number of rotatable bonds is 6. The number of halogens is 2. The summed E-state index contributed by atoms with van der Waals surface area (Å²) in [6.07, 6.45) is 1.54. The van der Waals surface area contributed by atoms with E-state index in [0.29, 0.717) is 28.0 Å². The lowest BCUT2D eigenvalue weighted by molar-refractivity contribution is 0.541. The third-order valence-corrected chi connectivity index (χ3v) is 4.60. The molecule has 0 saturated heterocycles. The third-order valence-electron chi connectivity index (χ3n) is 3.12. The highest BCUT2D eigenvalue weighted by molar-refractivity contribution is 7.99. The minimum Gasteiger partial charge on any atom is -0.367 e. The molecule has 1 N–H and O–H groups in total. The lowest BCUT2D eigenvalue weighted by Gasteiger charge is -2.15. The van der Waals surface area contributed by atoms with Gasteiger partial charge in [0.2, 0.25) is 5.95 Å². The van der Waals surface area contributed by atoms with E-state index < -0.39 is 5.95 Å². The van der Waals surface area contributed by atoms with Crippen molar-refractivity contribution in [3.05, 3.63) is 40.6 Å². The van der Waals surface area contributed by atoms with Gasteiger partial charge in [-0.2, -0.15) is 4.39 Å². The molecule has 1 aromatic heterocycles. The van der Waals surface area contributed by atoms with Crippen LogP contribution in [0.3, 0.4) is 0 Å². The first-order chi connectivity index (χ1) is 10.9. The second kappa shape index (κ2) is 7.97. The molecule has 0 saturated carbocycles. The van der Waals surface area contributed by atoms with Gasteiger partial charge in [-0.15, -0.1) is 0 Å². The number of nitrogens with zero attached hydrogens (tertiary/aromatic N) is 2. The summed E-state index contributed by atoms with van der Waals surface area (Å²) in [7, 11) is 0. The van der Waals surface area contributed by atoms with Crippen LogP contribution in [-0.2, 0) is 6.42 Å². The molecule has 1 aromatic carbocycles. The molecule has 6 heteroatoms. The predicted octanol–water partition coefficient (Wildman–Crippen LogP) is 5.50. The van der Waals surface area contributed by atoms with Crippen molar-refractivity contribution in [2.45, 2.75) is 56.4 Å². The van der Waals surface area contributed by atoms with Crippen molar-refractivity contribution in [1.29, 1.82) is 0 Å². The molecule has 0 aliphatic carbocycles. The van der Waals surface area contributed by atoms with E-state index >= 15 is 0 Å². The summed E-state index contributed by atoms with van der Waals surface area (Å²) in [5.41, 5.74) is 0.957. The Bertz CT molecular complexity index is 692. The summed E-state index contributed by atoms with van der Waals surface area (Å²) in [4.78, 5) is 9.82. The van der Waals surface area contributed by atoms with Crippen LogP contribution in [-0.4, -0.2) is 16.0 Å². The maximum absolute atomic E-state index is 14.5. The molecule has 0 aliphatic rings. The molecule has 0 bridgehead atoms. The molecule has 0 unspecified atom stereocenters. The van der Waals surface area contributed by atoms with Crippen LogP contribution in [0.5, 0.6) is 0 Å². The third kappa shape index (κ3) is 4.82. The highest BCUT2D eigenvalue weighted by Gasteiger charge is 2.17. The SMILES string of the molecule is CCCc1nc(F)c(Sc2ccc(Cl)c(C)c2)c(NC(C)C)n1. The van der Waals surface area contributed by atoms with E-state index in [-0.39, 0.29) is 6.04 Å². The van der Waals surface area contributed by atoms with Gasteiger partial charge in [-0.25, -0.2) is 9.97 Å². The van der Waals surface area contributed by atoms with E-state index in [9.17, 15) is 4.39 Å². The molecule has 3 nitrogen and oxygen atoms in total. The van der Waals surface area contributed by atoms with Gasteiger partial charge in [0.25, 0.3) is 0 Å². The van der Waals surface area contributed by atoms with Gasteiger partial charge in [-0.3, -0.25) is 0 Å². The summed E-state index contributed by atoms with van der Waals surface area (Å²) in [6, 6.07) is 5.79. The molecule has 0 spiro atoms. The van der Waals surface area contributed by atoms with Gasteiger partial charge < -0.3 is 5.32 Å². The van der Waals surface area contributed by atoms with E-state index in [1.54, 1.807) is 0 Å². The van der Waals surface area contributed by atoms with Crippen molar-refractivity contribution in [3.63, 3.8) is 0 Å². The van der Waals surface area contributed by atoms with E-state index in [2.05, 4.69) is 15.3 Å². The summed E-state index contributed by atoms with van der Waals surface area (Å²) < 4.78 is 14.5. The maximum atomic E-state index is 14.5. The minimum absolute atomic E-state index is 0.157. The molecule has 23 heavy (non-hydrogen) atoms. The van der Waals surface area contributed by atoms with Gasteiger partial charge in [-0.05, 0) is 51.0 Å². The molecule has 0 fully saturated rings. The molecule has 0 radical (unpaired) electrons. The van der Waals surface area contributed by atoms with Crippen molar-refractivity contribution >= 4 is 29.2 Å². The molecule has 0 aliphatic heterocycles. The first kappa shape index (κ1) is 18.0. The first-order valence-corrected chi connectivity index (χ1v) is 8.87. The van der Waals surface area contributed by atoms with Gasteiger partial charge in [0.05, 0.1) is 0 Å². The Hall–Kier alpha value is -1.33. The van der Waals surface area contributed by atoms with Gasteiger partial charge >= 0.3 is 0 Å². The molecule has 0 amide bonds. The fourth-order valence-electron chi connectivity index (χ4n) is 2.06. The molecule has 2 aromatic rings. The van der Waals surface area contributed by atoms with Crippen molar-refractivity contribution in [1.82, 2.24) is 9.97 Å². The zero-order chi connectivity index (χ0) is 17.0. The Morgan fingerprint density at radius 3 is 2.65 bits per heavy atom. The number of aryl methyl sites for hydroxylation is 2. The van der Waals surface area contributed by atoms with E-state index in [0.717, 1.165) is 16.9 Å². The van der Waals surface area contributed by atoms with Crippen LogP contribution in [0.4, 0.5) is 10.2 Å². The molecule has 1 heterocycles. The average Bonchev–Trinajstić information content (AvgIpc) is 2.46. The second-order valence-electron chi connectivity index (χ2n) is 5.67. The summed E-state index contributed by atoms with van der Waals surface area (Å²) in [5, 5.41) is 3.92. The first-order valence-electron chi connectivity index (χ1n) is 7.67. The zero-order valence-electron chi connectivity index (χ0n) is 13.8. The van der Waals surface area contributed by atoms with Crippen LogP contribution in [0.15, 0.2) is 28.0 Å². The largest absolute Gasteiger partial charge is 0.367 e. The normalized spacial score (nSPS) is 11.1. The van der Waals surface area contributed by atoms with Gasteiger partial charge in [-0.1, -0.05) is 30.3 Å². The number of benzene rings is 1. The number of hydrogen-bond acceptors (Lipinski definition) is 4. The van der Waals surface area contributed by atoms with E-state index in [4.69, 9.17) is 11.6 Å². The Balaban J connectivity index is 2.40. The molecule has 0 atom stereocenters. The Morgan fingerprint density at radius 1 is 1.30 bits per heavy atom. The van der Waals surface area contributed by atoms with Crippen molar-refractivity contribution < 1.29 is 4.39 Å². The van der Waals surface area contributed by atoms with Crippen molar-refractivity contribution in [2.24, 2.45) is 0 Å². The lowest BCUT2D eigenvalue weighted by Crippen LogP contribution is -2.14. The maximum Gasteiger partial charge on any atom is 0.232 e. The van der Waals surface area contributed by atoms with E-state index in [1.165, 1.54) is 11.8 Å². The summed E-state index contributed by atoms with van der Waals surface area (Å²) >= 11 is 7.36. The van der Waals surface area contributed by atoms with E-state index in [1.807, 2.05) is 45.9 Å². The summed E-state index contributed by atoms with van der Waals surface area (Å²) in [6.45, 7) is 7.95. The lowest BCUT2D eigenvalue weighted by atomic mass is 10.2. The molecular weight excluding hydrogens is 333 g/mol. The predicted molar refractivity (Wildman–Crippen MR) is 95.1 cm³/mol. The van der Waals surface area contributed by atoms with Crippen LogP contribution in [0.25, 0.3) is 0 Å². The van der Waals surface area contributed by atoms with Crippen LogP contribution >= 0.6 is 23.4 Å². The zero-order valence-corrected chi connectivity index (χ0v) is 15.4. The standard InChI is InChI=1S/C17H21ClFN3S/c1-5-6-14-21-16(19)15(17(22-14)20-10(2)3)23-12-7-8-13(18)11(4)9-12/h7-10H,5-6H2,1-4H3,(H,20,21,22). The van der Waals surface area contributed by atoms with Crippen LogP contribution in [0, 0.1) is 12.9 Å². The van der Waals surface area contributed by atoms with Crippen LogP contribution in [0.2, 0.25) is 5.02 Å². The average molecular weight is 354 g/mol. The second-order valence-corrected chi connectivity index (χ2v) is 7.16. The highest BCUT2D eigenvalue weighted by Crippen LogP contribution is 2.35. The monoisotopic (exact) mass is 353 g/mol. The fourth-order valence-corrected chi connectivity index (χ4v) is 3.12. The molecule has 124 valence electrons. The Kier molecular flexibility index (Phi) is 6.25. The highest BCUT2D eigenvalue weighted by atomic mass is 35.5. The number of nitrogens with one attached hydrogen (secondary N) is 1.